The maximum absolute atomic E-state index is 12.6. The van der Waals surface area contributed by atoms with Crippen molar-refractivity contribution in [1.29, 1.82) is 0 Å². The molecular weight excluding hydrogens is 376 g/mol. The molecule has 0 heterocycles. The molecule has 0 N–H and O–H groups in total. The molecule has 0 atom stereocenters. The molecule has 0 aliphatic carbocycles. The van der Waals surface area contributed by atoms with Crippen LogP contribution in [0.4, 0.5) is 0 Å². The molecule has 0 radical (unpaired) electrons. The first-order chi connectivity index (χ1) is 11.8. The Morgan fingerprint density at radius 3 is 1.00 bits per heavy atom. The van der Waals surface area contributed by atoms with E-state index < -0.39 is 40.8 Å². The van der Waals surface area contributed by atoms with Crippen LogP contribution >= 0.6 is 0 Å². The summed E-state index contributed by atoms with van der Waals surface area (Å²) in [5.41, 5.74) is -2.09. The van der Waals surface area contributed by atoms with Crippen LogP contribution in [0.1, 0.15) is 82.1 Å². The predicted molar refractivity (Wildman–Crippen MR) is 105 cm³/mol. The van der Waals surface area contributed by atoms with E-state index in [0.29, 0.717) is 0 Å². The van der Waals surface area contributed by atoms with Crippen molar-refractivity contribution in [3.63, 3.8) is 0 Å². The second kappa shape index (κ2) is 9.26. The summed E-state index contributed by atoms with van der Waals surface area (Å²) >= 11 is -0.545. The molecule has 0 fully saturated rings. The Kier molecular flexibility index (Phi) is 9.05. The topological polar surface area (TPSA) is 68.3 Å². The second-order valence-electron chi connectivity index (χ2n) is 10.9. The summed E-state index contributed by atoms with van der Waals surface area (Å²) in [5.74, 6) is -0.0926. The molecule has 0 aromatic carbocycles. The molecule has 0 aliphatic rings. The van der Waals surface area contributed by atoms with Gasteiger partial charge in [0.2, 0.25) is 0 Å². The Labute approximate surface area is 174 Å². The fourth-order valence-corrected chi connectivity index (χ4v) is 4.95. The Hall–Kier alpha value is -0.606. The van der Waals surface area contributed by atoms with Crippen LogP contribution in [-0.2, 0) is 38.3 Å². The zero-order valence-corrected chi connectivity index (χ0v) is 20.5. The first kappa shape index (κ1) is 26.4. The van der Waals surface area contributed by atoms with Gasteiger partial charge in [-0.15, -0.1) is 0 Å². The molecular formula is C22H38O4Ti. The average molecular weight is 414 g/mol. The van der Waals surface area contributed by atoms with Crippen molar-refractivity contribution in [2.75, 3.05) is 0 Å². The number of rotatable bonds is 10. The Balaban J connectivity index is 4.74. The molecule has 0 aromatic heterocycles. The van der Waals surface area contributed by atoms with Gasteiger partial charge in [-0.2, -0.15) is 0 Å². The molecule has 0 aliphatic heterocycles. The normalized spacial score (nSPS) is 13.3. The summed E-state index contributed by atoms with van der Waals surface area (Å²) in [4.78, 5) is 49.4. The van der Waals surface area contributed by atoms with Crippen molar-refractivity contribution in [3.8, 4) is 0 Å². The SMILES string of the molecule is CC(C)(C)C(=O)CC(=O)C(C)(C)[CH2][Ti][CH2]C(C)(C)C(=O)CC(=O)C(C)(C)C. The van der Waals surface area contributed by atoms with E-state index in [1.165, 1.54) is 0 Å². The fourth-order valence-electron chi connectivity index (χ4n) is 2.19. The number of hydrogen-bond acceptors (Lipinski definition) is 4. The van der Waals surface area contributed by atoms with Gasteiger partial charge >= 0.3 is 175 Å². The first-order valence-corrected chi connectivity index (χ1v) is 11.9. The van der Waals surface area contributed by atoms with Crippen molar-refractivity contribution in [1.82, 2.24) is 0 Å². The van der Waals surface area contributed by atoms with Gasteiger partial charge in [0.05, 0.1) is 0 Å². The van der Waals surface area contributed by atoms with Crippen molar-refractivity contribution in [2.24, 2.45) is 21.7 Å². The van der Waals surface area contributed by atoms with Crippen molar-refractivity contribution >= 4 is 23.1 Å². The van der Waals surface area contributed by atoms with Crippen LogP contribution in [0.25, 0.3) is 0 Å². The van der Waals surface area contributed by atoms with Gasteiger partial charge in [0.25, 0.3) is 0 Å². The Morgan fingerprint density at radius 2 is 0.778 bits per heavy atom. The van der Waals surface area contributed by atoms with E-state index in [2.05, 4.69) is 0 Å². The number of hydrogen-bond donors (Lipinski definition) is 0. The van der Waals surface area contributed by atoms with Crippen molar-refractivity contribution in [3.05, 3.63) is 0 Å². The summed E-state index contributed by atoms with van der Waals surface area (Å²) < 4.78 is 1.49. The van der Waals surface area contributed by atoms with Gasteiger partial charge in [-0.1, -0.05) is 0 Å². The minimum absolute atomic E-state index is 0.0155. The molecule has 0 amide bonds. The van der Waals surface area contributed by atoms with E-state index >= 15 is 0 Å². The van der Waals surface area contributed by atoms with Gasteiger partial charge in [0, 0.05) is 0 Å². The van der Waals surface area contributed by atoms with Crippen LogP contribution in [0.15, 0.2) is 0 Å². The molecule has 0 spiro atoms. The molecule has 0 bridgehead atoms. The number of carbonyl (C=O) groups excluding carboxylic acids is 4. The molecule has 0 saturated heterocycles. The number of Topliss-reactive ketones (excluding diaryl/α,β-unsaturated/α-hetero) is 4. The van der Waals surface area contributed by atoms with E-state index in [-0.39, 0.29) is 36.0 Å². The van der Waals surface area contributed by atoms with E-state index in [0.717, 1.165) is 9.45 Å². The summed E-state index contributed by atoms with van der Waals surface area (Å²) in [5, 5.41) is 0. The van der Waals surface area contributed by atoms with Gasteiger partial charge in [0.1, 0.15) is 0 Å². The first-order valence-electron chi connectivity index (χ1n) is 9.64. The monoisotopic (exact) mass is 414 g/mol. The molecule has 4 nitrogen and oxygen atoms in total. The zero-order valence-electron chi connectivity index (χ0n) is 19.0. The number of carbonyl (C=O) groups is 4. The maximum atomic E-state index is 12.6. The third-order valence-corrected chi connectivity index (χ3v) is 8.50. The zero-order chi connectivity index (χ0) is 21.8. The molecule has 154 valence electrons. The van der Waals surface area contributed by atoms with Crippen LogP contribution in [0, 0.1) is 21.7 Å². The Morgan fingerprint density at radius 1 is 0.519 bits per heavy atom. The predicted octanol–water partition coefficient (Wildman–Crippen LogP) is 5.11. The van der Waals surface area contributed by atoms with E-state index in [9.17, 15) is 19.2 Å². The summed E-state index contributed by atoms with van der Waals surface area (Å²) in [6.45, 7) is 18.6. The second-order valence-corrected chi connectivity index (χ2v) is 12.8. The van der Waals surface area contributed by atoms with Crippen LogP contribution in [-0.4, -0.2) is 23.1 Å². The average Bonchev–Trinajstić information content (AvgIpc) is 2.44. The van der Waals surface area contributed by atoms with Gasteiger partial charge in [-0.25, -0.2) is 0 Å². The molecule has 27 heavy (non-hydrogen) atoms. The van der Waals surface area contributed by atoms with Crippen LogP contribution in [0.5, 0.6) is 0 Å². The van der Waals surface area contributed by atoms with Crippen LogP contribution in [0.3, 0.4) is 0 Å². The van der Waals surface area contributed by atoms with Gasteiger partial charge in [0.15, 0.2) is 0 Å². The van der Waals surface area contributed by atoms with E-state index in [1.807, 2.05) is 69.2 Å². The molecule has 0 saturated carbocycles. The van der Waals surface area contributed by atoms with Crippen LogP contribution < -0.4 is 0 Å². The van der Waals surface area contributed by atoms with E-state index in [4.69, 9.17) is 0 Å². The third kappa shape index (κ3) is 8.96. The minimum atomic E-state index is -0.545. The van der Waals surface area contributed by atoms with Gasteiger partial charge in [-0.3, -0.25) is 0 Å². The summed E-state index contributed by atoms with van der Waals surface area (Å²) in [6, 6.07) is 0. The number of ketones is 4. The molecule has 0 rings (SSSR count). The van der Waals surface area contributed by atoms with Crippen LogP contribution in [0.2, 0.25) is 9.45 Å². The van der Waals surface area contributed by atoms with Gasteiger partial charge in [-0.05, 0) is 0 Å². The molecule has 5 heteroatoms. The quantitative estimate of drug-likeness (QED) is 0.368. The van der Waals surface area contributed by atoms with E-state index in [1.54, 1.807) is 0 Å². The third-order valence-electron chi connectivity index (χ3n) is 4.96. The van der Waals surface area contributed by atoms with Crippen molar-refractivity contribution in [2.45, 2.75) is 91.5 Å². The molecule has 0 aromatic rings. The summed E-state index contributed by atoms with van der Waals surface area (Å²) in [6.07, 6.45) is -0.0455. The standard InChI is InChI=1S/2C11H19O2.Ti/c2*1-10(2,3)8(12)7-9(13)11(4,5)6;/h2*1,7H2,2-6H3;. The fraction of sp³-hybridized carbons (Fsp3) is 0.818. The summed E-state index contributed by atoms with van der Waals surface area (Å²) in [7, 11) is 0. The molecule has 0 unspecified atom stereocenters. The Bertz CT molecular complexity index is 534. The van der Waals surface area contributed by atoms with Crippen molar-refractivity contribution < 1.29 is 38.3 Å². The van der Waals surface area contributed by atoms with Gasteiger partial charge < -0.3 is 0 Å².